The Morgan fingerprint density at radius 2 is 1.67 bits per heavy atom. The van der Waals surface area contributed by atoms with E-state index < -0.39 is 0 Å². The molecule has 9 heavy (non-hydrogen) atoms. The monoisotopic (exact) mass is 125 g/mol. The van der Waals surface area contributed by atoms with Gasteiger partial charge >= 0.3 is 0 Å². The molecule has 0 atom stereocenters. The van der Waals surface area contributed by atoms with Crippen molar-refractivity contribution in [3.8, 4) is 0 Å². The van der Waals surface area contributed by atoms with Crippen LogP contribution in [0.4, 0.5) is 0 Å². The minimum absolute atomic E-state index is 0.433. The first-order valence-electron chi connectivity index (χ1n) is 3.73. The number of rotatable bonds is 0. The van der Waals surface area contributed by atoms with Gasteiger partial charge in [-0.25, -0.2) is 0 Å². The van der Waals surface area contributed by atoms with E-state index in [0.29, 0.717) is 5.78 Å². The maximum Gasteiger partial charge on any atom is 0.131 e. The van der Waals surface area contributed by atoms with E-state index in [0.717, 1.165) is 25.5 Å². The number of hydrogen-bond donors (Lipinski definition) is 0. The zero-order valence-corrected chi connectivity index (χ0v) is 6.31. The first kappa shape index (κ1) is 8.73. The Hall–Kier alpha value is -0.265. The van der Waals surface area contributed by atoms with E-state index in [1.54, 1.807) is 0 Å². The zero-order chi connectivity index (χ0) is 7.11. The molecule has 51 valence electrons. The first-order valence-corrected chi connectivity index (χ1v) is 3.73. The third-order valence-electron chi connectivity index (χ3n) is 1.25. The Morgan fingerprint density at radius 3 is 1.89 bits per heavy atom. The fourth-order valence-corrected chi connectivity index (χ4v) is 0.795. The molecule has 1 nitrogen and oxygen atoms in total. The molecular weight excluding hydrogens is 111 g/mol. The Kier molecular flexibility index (Phi) is 5.69. The van der Waals surface area contributed by atoms with Crippen LogP contribution in [0, 0.1) is 0 Å². The van der Waals surface area contributed by atoms with Gasteiger partial charge in [-0.05, 0) is 12.8 Å². The Bertz CT molecular complexity index is 73.0. The first-order chi connectivity index (χ1) is 4.39. The van der Waals surface area contributed by atoms with Gasteiger partial charge in [0.25, 0.3) is 0 Å². The quantitative estimate of drug-likeness (QED) is 0.452. The van der Waals surface area contributed by atoms with Gasteiger partial charge in [-0.3, -0.25) is 4.79 Å². The van der Waals surface area contributed by atoms with Gasteiger partial charge in [0.05, 0.1) is 0 Å². The van der Waals surface area contributed by atoms with Crippen LogP contribution in [0.25, 0.3) is 0 Å². The lowest BCUT2D eigenvalue weighted by Gasteiger charge is -2.03. The zero-order valence-electron chi connectivity index (χ0n) is 6.31. The minimum Gasteiger partial charge on any atom is -0.300 e. The molecule has 1 saturated heterocycles. The lowest BCUT2D eigenvalue weighted by atomic mass is 9.64. The summed E-state index contributed by atoms with van der Waals surface area (Å²) < 4.78 is 0. The smallest absolute Gasteiger partial charge is 0.131 e. The highest BCUT2D eigenvalue weighted by Gasteiger charge is 2.07. The molecule has 0 N–H and O–H groups in total. The van der Waals surface area contributed by atoms with E-state index >= 15 is 0 Å². The van der Waals surface area contributed by atoms with E-state index in [1.807, 2.05) is 13.8 Å². The maximum absolute atomic E-state index is 10.4. The van der Waals surface area contributed by atoms with Crippen LogP contribution in [0.5, 0.6) is 0 Å². The van der Waals surface area contributed by atoms with E-state index in [2.05, 4.69) is 7.28 Å². The second kappa shape index (κ2) is 5.86. The maximum atomic E-state index is 10.4. The molecule has 0 bridgehead atoms. The number of hydrogen-bond acceptors (Lipinski definition) is 1. The fraction of sp³-hybridized carbons (Fsp3) is 0.857. The van der Waals surface area contributed by atoms with Crippen molar-refractivity contribution in [2.24, 2.45) is 0 Å². The number of carbonyl (C=O) groups is 1. The highest BCUT2D eigenvalue weighted by molar-refractivity contribution is 6.37. The topological polar surface area (TPSA) is 17.1 Å². The summed E-state index contributed by atoms with van der Waals surface area (Å²) >= 11 is 0. The summed E-state index contributed by atoms with van der Waals surface area (Å²) in [5.74, 6) is 0.433. The average molecular weight is 125 g/mol. The van der Waals surface area contributed by atoms with Crippen molar-refractivity contribution < 1.29 is 4.79 Å². The third kappa shape index (κ3) is 4.25. The van der Waals surface area contributed by atoms with Gasteiger partial charge in [-0.15, -0.1) is 0 Å². The molecule has 1 heterocycles. The largest absolute Gasteiger partial charge is 0.300 e. The summed E-state index contributed by atoms with van der Waals surface area (Å²) in [7, 11) is 2.18. The predicted molar refractivity (Wildman–Crippen MR) is 41.0 cm³/mol. The number of ketones is 1. The van der Waals surface area contributed by atoms with Crippen LogP contribution in [-0.4, -0.2) is 13.1 Å². The molecule has 0 aromatic rings. The molecule has 1 radical (unpaired) electrons. The number of Topliss-reactive ketones (excluding diaryl/α,β-unsaturated/α-hetero) is 1. The Labute approximate surface area is 58.1 Å². The number of carbonyl (C=O) groups excluding carboxylic acids is 1. The van der Waals surface area contributed by atoms with Crippen LogP contribution < -0.4 is 0 Å². The van der Waals surface area contributed by atoms with Crippen LogP contribution in [0.1, 0.15) is 26.7 Å². The molecule has 0 saturated carbocycles. The minimum atomic E-state index is 0.433. The standard InChI is InChI=1S/C5H8BO.C2H6/c7-5-1-3-6-4-2-5;1-2/h1-4H2;1-2H3. The van der Waals surface area contributed by atoms with E-state index in [9.17, 15) is 4.79 Å². The van der Waals surface area contributed by atoms with Crippen LogP contribution in [-0.2, 0) is 4.79 Å². The molecule has 0 aromatic carbocycles. The molecule has 1 rings (SSSR count). The van der Waals surface area contributed by atoms with Crippen molar-refractivity contribution in [2.45, 2.75) is 39.3 Å². The molecule has 2 heteroatoms. The predicted octanol–water partition coefficient (Wildman–Crippen LogP) is 1.92. The molecule has 0 amide bonds. The van der Waals surface area contributed by atoms with Gasteiger partial charge in [0.15, 0.2) is 0 Å². The second-order valence-corrected chi connectivity index (χ2v) is 1.90. The lowest BCUT2D eigenvalue weighted by Crippen LogP contribution is -2.07. The van der Waals surface area contributed by atoms with Gasteiger partial charge in [0.1, 0.15) is 13.1 Å². The third-order valence-corrected chi connectivity index (χ3v) is 1.25. The molecule has 0 spiro atoms. The van der Waals surface area contributed by atoms with Crippen LogP contribution >= 0.6 is 0 Å². The Balaban J connectivity index is 0.000000291. The summed E-state index contributed by atoms with van der Waals surface area (Å²) in [5, 5.41) is 0. The molecule has 1 aliphatic rings. The highest BCUT2D eigenvalue weighted by Crippen LogP contribution is 2.07. The lowest BCUT2D eigenvalue weighted by molar-refractivity contribution is -0.118. The van der Waals surface area contributed by atoms with Gasteiger partial charge in [0, 0.05) is 0 Å². The van der Waals surface area contributed by atoms with Crippen LogP contribution in [0.15, 0.2) is 0 Å². The van der Waals surface area contributed by atoms with Gasteiger partial charge < -0.3 is 0 Å². The summed E-state index contributed by atoms with van der Waals surface area (Å²) in [6, 6.07) is 0. The molecule has 0 unspecified atom stereocenters. The molecule has 1 fully saturated rings. The van der Waals surface area contributed by atoms with Gasteiger partial charge in [-0.2, -0.15) is 0 Å². The van der Waals surface area contributed by atoms with Crippen molar-refractivity contribution >= 4 is 13.1 Å². The fourth-order valence-electron chi connectivity index (χ4n) is 0.795. The second-order valence-electron chi connectivity index (χ2n) is 1.90. The molecule has 1 aliphatic heterocycles. The summed E-state index contributed by atoms with van der Waals surface area (Å²) in [5.41, 5.74) is 0. The summed E-state index contributed by atoms with van der Waals surface area (Å²) in [4.78, 5) is 10.4. The van der Waals surface area contributed by atoms with E-state index in [4.69, 9.17) is 0 Å². The SMILES string of the molecule is CC.O=C1CC[B]CC1. The van der Waals surface area contributed by atoms with Crippen molar-refractivity contribution in [1.82, 2.24) is 0 Å². The normalized spacial score (nSPS) is 17.3. The van der Waals surface area contributed by atoms with Gasteiger partial charge in [0.2, 0.25) is 0 Å². The summed E-state index contributed by atoms with van der Waals surface area (Å²) in [6.45, 7) is 4.00. The van der Waals surface area contributed by atoms with Gasteiger partial charge in [-0.1, -0.05) is 26.5 Å². The van der Waals surface area contributed by atoms with Crippen molar-refractivity contribution in [1.29, 1.82) is 0 Å². The van der Waals surface area contributed by atoms with E-state index in [-0.39, 0.29) is 0 Å². The molecule has 0 aromatic heterocycles. The molecule has 0 aliphatic carbocycles. The van der Waals surface area contributed by atoms with Crippen LogP contribution in [0.2, 0.25) is 12.6 Å². The molecular formula is C7H14BO. The van der Waals surface area contributed by atoms with Crippen LogP contribution in [0.3, 0.4) is 0 Å². The highest BCUT2D eigenvalue weighted by atomic mass is 16.1. The Morgan fingerprint density at radius 1 is 1.22 bits per heavy atom. The summed E-state index contributed by atoms with van der Waals surface area (Å²) in [6.07, 6.45) is 3.61. The van der Waals surface area contributed by atoms with Crippen molar-refractivity contribution in [2.75, 3.05) is 0 Å². The average Bonchev–Trinajstić information content (AvgIpc) is 1.94. The van der Waals surface area contributed by atoms with E-state index in [1.165, 1.54) is 0 Å². The van der Waals surface area contributed by atoms with Crippen molar-refractivity contribution in [3.05, 3.63) is 0 Å². The van der Waals surface area contributed by atoms with Crippen molar-refractivity contribution in [3.63, 3.8) is 0 Å².